The number of guanidine groups is 1. The Labute approximate surface area is 195 Å². The Morgan fingerprint density at radius 1 is 1.27 bits per heavy atom. The van der Waals surface area contributed by atoms with Crippen LogP contribution in [0.4, 0.5) is 8.78 Å². The van der Waals surface area contributed by atoms with Gasteiger partial charge in [0.25, 0.3) is 0 Å². The fraction of sp³-hybridized carbons (Fsp3) is 0.350. The van der Waals surface area contributed by atoms with E-state index >= 15 is 0 Å². The van der Waals surface area contributed by atoms with Crippen LogP contribution in [0.2, 0.25) is 0 Å². The molecule has 30 heavy (non-hydrogen) atoms. The molecule has 0 aliphatic carbocycles. The molecule has 1 aromatic carbocycles. The summed E-state index contributed by atoms with van der Waals surface area (Å²) in [4.78, 5) is 5.84. The Morgan fingerprint density at radius 3 is 2.70 bits per heavy atom. The number of nitrogens with one attached hydrogen (secondary N) is 2. The summed E-state index contributed by atoms with van der Waals surface area (Å²) in [6.07, 6.45) is 0.848. The molecule has 0 aliphatic rings. The van der Waals surface area contributed by atoms with Gasteiger partial charge < -0.3 is 15.2 Å². The van der Waals surface area contributed by atoms with Crippen molar-refractivity contribution in [1.82, 2.24) is 25.4 Å². The summed E-state index contributed by atoms with van der Waals surface area (Å²) in [6.45, 7) is 4.67. The van der Waals surface area contributed by atoms with E-state index in [-0.39, 0.29) is 24.0 Å². The zero-order valence-electron chi connectivity index (χ0n) is 17.0. The molecular formula is C20H25F2IN6S. The molecule has 0 aliphatic heterocycles. The number of aromatic nitrogens is 3. The maximum Gasteiger partial charge on any atom is 0.192 e. The molecule has 162 valence electrons. The maximum atomic E-state index is 14.1. The number of hydrogen-bond acceptors (Lipinski definition) is 4. The van der Waals surface area contributed by atoms with Gasteiger partial charge in [-0.25, -0.2) is 13.8 Å². The van der Waals surface area contributed by atoms with Gasteiger partial charge in [0.15, 0.2) is 11.8 Å². The van der Waals surface area contributed by atoms with Crippen molar-refractivity contribution >= 4 is 41.3 Å². The van der Waals surface area contributed by atoms with Gasteiger partial charge in [0.1, 0.15) is 24.0 Å². The van der Waals surface area contributed by atoms with Gasteiger partial charge in [-0.05, 0) is 37.8 Å². The SMILES string of the molecule is Cc1nnc(CN=C(NCCc2cccs2)NC(C)c2ccc(F)cc2F)n1C.I. The lowest BCUT2D eigenvalue weighted by Gasteiger charge is -2.19. The summed E-state index contributed by atoms with van der Waals surface area (Å²) in [5, 5.41) is 16.7. The topological polar surface area (TPSA) is 67.1 Å². The summed E-state index contributed by atoms with van der Waals surface area (Å²) in [5.74, 6) is 0.865. The zero-order valence-corrected chi connectivity index (χ0v) is 20.2. The molecule has 1 unspecified atom stereocenters. The number of rotatable bonds is 7. The minimum absolute atomic E-state index is 0. The van der Waals surface area contributed by atoms with Crippen LogP contribution >= 0.6 is 35.3 Å². The third-order valence-corrected chi connectivity index (χ3v) is 5.52. The number of nitrogens with zero attached hydrogens (tertiary/aromatic N) is 4. The van der Waals surface area contributed by atoms with Crippen LogP contribution in [-0.4, -0.2) is 27.3 Å². The highest BCUT2D eigenvalue weighted by Crippen LogP contribution is 2.17. The number of aryl methyl sites for hydroxylation is 1. The van der Waals surface area contributed by atoms with Crippen LogP contribution < -0.4 is 10.6 Å². The van der Waals surface area contributed by atoms with E-state index in [1.54, 1.807) is 18.3 Å². The summed E-state index contributed by atoms with van der Waals surface area (Å²) in [5.41, 5.74) is 0.369. The van der Waals surface area contributed by atoms with Crippen molar-refractivity contribution in [2.45, 2.75) is 32.9 Å². The first-order chi connectivity index (χ1) is 13.9. The standard InChI is InChI=1S/C20H24F2N6S.HI/c1-13(17-7-6-15(21)11-18(17)22)25-20(23-9-8-16-5-4-10-29-16)24-12-19-27-26-14(2)28(19)3;/h4-7,10-11,13H,8-9,12H2,1-3H3,(H2,23,24,25);1H. The van der Waals surface area contributed by atoms with Crippen LogP contribution in [0.25, 0.3) is 0 Å². The van der Waals surface area contributed by atoms with Crippen LogP contribution in [0, 0.1) is 18.6 Å². The Balaban J connectivity index is 0.00000320. The molecule has 0 radical (unpaired) electrons. The number of aliphatic imine (C=N–C) groups is 1. The van der Waals surface area contributed by atoms with Gasteiger partial charge in [0.05, 0.1) is 6.04 Å². The highest BCUT2D eigenvalue weighted by atomic mass is 127. The average molecular weight is 546 g/mol. The lowest BCUT2D eigenvalue weighted by molar-refractivity contribution is 0.550. The molecule has 2 aromatic heterocycles. The van der Waals surface area contributed by atoms with Crippen molar-refractivity contribution in [2.24, 2.45) is 12.0 Å². The number of benzene rings is 1. The number of thiophene rings is 1. The minimum Gasteiger partial charge on any atom is -0.356 e. The molecule has 10 heteroatoms. The van der Waals surface area contributed by atoms with E-state index in [1.807, 2.05) is 30.0 Å². The fourth-order valence-corrected chi connectivity index (χ4v) is 3.49. The van der Waals surface area contributed by atoms with Gasteiger partial charge in [0, 0.05) is 30.1 Å². The maximum absolute atomic E-state index is 14.1. The second kappa shape index (κ2) is 11.3. The molecular weight excluding hydrogens is 521 g/mol. The zero-order chi connectivity index (χ0) is 20.8. The van der Waals surface area contributed by atoms with Crippen LogP contribution in [0.3, 0.4) is 0 Å². The smallest absolute Gasteiger partial charge is 0.192 e. The molecule has 0 fully saturated rings. The van der Waals surface area contributed by atoms with Gasteiger partial charge in [-0.3, -0.25) is 0 Å². The molecule has 1 atom stereocenters. The molecule has 0 saturated heterocycles. The monoisotopic (exact) mass is 546 g/mol. The Morgan fingerprint density at radius 2 is 2.07 bits per heavy atom. The van der Waals surface area contributed by atoms with Crippen molar-refractivity contribution in [3.05, 3.63) is 69.4 Å². The number of halogens is 3. The Hall–Kier alpha value is -2.08. The summed E-state index contributed by atoms with van der Waals surface area (Å²) in [7, 11) is 1.88. The van der Waals surface area contributed by atoms with Gasteiger partial charge in [-0.2, -0.15) is 0 Å². The van der Waals surface area contributed by atoms with Crippen molar-refractivity contribution < 1.29 is 8.78 Å². The van der Waals surface area contributed by atoms with E-state index in [9.17, 15) is 8.78 Å². The van der Waals surface area contributed by atoms with Crippen molar-refractivity contribution in [1.29, 1.82) is 0 Å². The van der Waals surface area contributed by atoms with Gasteiger partial charge in [-0.15, -0.1) is 45.5 Å². The highest BCUT2D eigenvalue weighted by Gasteiger charge is 2.14. The van der Waals surface area contributed by atoms with Gasteiger partial charge >= 0.3 is 0 Å². The third-order valence-electron chi connectivity index (χ3n) is 4.59. The first-order valence-corrected chi connectivity index (χ1v) is 10.2. The second-order valence-electron chi connectivity index (χ2n) is 6.68. The molecule has 0 bridgehead atoms. The normalized spacial score (nSPS) is 12.4. The predicted molar refractivity (Wildman–Crippen MR) is 126 cm³/mol. The summed E-state index contributed by atoms with van der Waals surface area (Å²) < 4.78 is 29.2. The molecule has 0 saturated carbocycles. The van der Waals surface area contributed by atoms with Crippen LogP contribution in [-0.2, 0) is 20.0 Å². The van der Waals surface area contributed by atoms with E-state index in [0.29, 0.717) is 24.6 Å². The first kappa shape index (κ1) is 24.2. The minimum atomic E-state index is -0.598. The predicted octanol–water partition coefficient (Wildman–Crippen LogP) is 4.12. The van der Waals surface area contributed by atoms with E-state index in [0.717, 1.165) is 24.1 Å². The second-order valence-corrected chi connectivity index (χ2v) is 7.71. The van der Waals surface area contributed by atoms with E-state index < -0.39 is 17.7 Å². The summed E-state index contributed by atoms with van der Waals surface area (Å²) >= 11 is 1.70. The largest absolute Gasteiger partial charge is 0.356 e. The summed E-state index contributed by atoms with van der Waals surface area (Å²) in [6, 6.07) is 7.28. The Kier molecular flexibility index (Phi) is 9.15. The fourth-order valence-electron chi connectivity index (χ4n) is 2.79. The van der Waals surface area contributed by atoms with Gasteiger partial charge in [0.2, 0.25) is 0 Å². The lowest BCUT2D eigenvalue weighted by Crippen LogP contribution is -2.40. The molecule has 2 heterocycles. The van der Waals surface area contributed by atoms with E-state index in [2.05, 4.69) is 31.9 Å². The van der Waals surface area contributed by atoms with E-state index in [1.165, 1.54) is 17.0 Å². The highest BCUT2D eigenvalue weighted by molar-refractivity contribution is 14.0. The quantitative estimate of drug-likeness (QED) is 0.266. The molecule has 3 rings (SSSR count). The molecule has 2 N–H and O–H groups in total. The first-order valence-electron chi connectivity index (χ1n) is 9.31. The van der Waals surface area contributed by atoms with Crippen LogP contribution in [0.5, 0.6) is 0 Å². The van der Waals surface area contributed by atoms with Crippen LogP contribution in [0.1, 0.15) is 35.1 Å². The Bertz CT molecular complexity index is 974. The molecule has 6 nitrogen and oxygen atoms in total. The van der Waals surface area contributed by atoms with E-state index in [4.69, 9.17) is 0 Å². The van der Waals surface area contributed by atoms with Crippen LogP contribution in [0.15, 0.2) is 40.7 Å². The molecule has 0 spiro atoms. The van der Waals surface area contributed by atoms with Crippen molar-refractivity contribution in [3.63, 3.8) is 0 Å². The number of hydrogen-bond donors (Lipinski definition) is 2. The molecule has 0 amide bonds. The van der Waals surface area contributed by atoms with Crippen molar-refractivity contribution in [3.8, 4) is 0 Å². The lowest BCUT2D eigenvalue weighted by atomic mass is 10.1. The van der Waals surface area contributed by atoms with Gasteiger partial charge in [-0.1, -0.05) is 12.1 Å². The average Bonchev–Trinajstić information content (AvgIpc) is 3.30. The molecule has 3 aromatic rings. The third kappa shape index (κ3) is 6.46. The van der Waals surface area contributed by atoms with Crippen molar-refractivity contribution in [2.75, 3.05) is 6.54 Å².